The average Bonchev–Trinajstić information content (AvgIpc) is 3.45. The molecule has 3 unspecified atom stereocenters. The molecule has 0 aliphatic heterocycles. The molecule has 0 amide bonds. The van der Waals surface area contributed by atoms with Gasteiger partial charge in [-0.15, -0.1) is 0 Å². The number of ether oxygens (including phenoxy) is 4. The summed E-state index contributed by atoms with van der Waals surface area (Å²) in [6.45, 7) is 7.05. The Morgan fingerprint density at radius 3 is 0.866 bits per heavy atom. The monoisotopic (exact) mass is 1210 g/mol. The number of rotatable bonds is 63. The predicted molar refractivity (Wildman–Crippen MR) is 326 cm³/mol. The maximum Gasteiger partial charge on any atom is 0.472 e. The molecule has 0 rings (SSSR count). The first-order chi connectivity index (χ1) is 39.6. The highest BCUT2D eigenvalue weighted by atomic mass is 31.2. The van der Waals surface area contributed by atoms with Gasteiger partial charge in [0.05, 0.1) is 26.4 Å². The van der Waals surface area contributed by atoms with Crippen molar-refractivity contribution in [1.82, 2.24) is 0 Å². The number of hydrogen-bond donors (Lipinski definition) is 3. The standard InChI is InChI=1S/C63H122O17P2/c1-6-10-13-16-18-20-22-24-25-26-28-30-32-38-43-48-62(67)79-59(53-74-61(66)47-42-37-31-29-27-23-21-19-17-14-11-7-2)55-78-82(71,72)76-51-57(64)50-75-81(69,70)77-54-58(52-73-60(65)46-41-35-15-12-8-3)80-63(68)49-44-39-34-33-36-40-45-56(5)9-4/h56-59,64H,6-55H2,1-5H3,(H,69,70)(H,71,72)/t56?,57-,58+,59+/m0/s1. The van der Waals surface area contributed by atoms with Crippen molar-refractivity contribution >= 4 is 39.5 Å². The van der Waals surface area contributed by atoms with Gasteiger partial charge in [-0.2, -0.15) is 0 Å². The highest BCUT2D eigenvalue weighted by Gasteiger charge is 2.30. The van der Waals surface area contributed by atoms with Crippen molar-refractivity contribution in [3.05, 3.63) is 0 Å². The van der Waals surface area contributed by atoms with Crippen LogP contribution in [0.1, 0.15) is 317 Å². The third kappa shape index (κ3) is 55.9. The summed E-state index contributed by atoms with van der Waals surface area (Å²) in [5, 5.41) is 10.5. The van der Waals surface area contributed by atoms with Crippen molar-refractivity contribution in [3.63, 3.8) is 0 Å². The van der Waals surface area contributed by atoms with Crippen molar-refractivity contribution in [2.45, 2.75) is 335 Å². The number of unbranched alkanes of at least 4 members (excludes halogenated alkanes) is 34. The number of esters is 4. The second-order valence-electron chi connectivity index (χ2n) is 23.0. The summed E-state index contributed by atoms with van der Waals surface area (Å²) in [6.07, 6.45) is 40.6. The molecular weight excluding hydrogens is 1090 g/mol. The fourth-order valence-electron chi connectivity index (χ4n) is 9.37. The molecule has 0 radical (unpaired) electrons. The number of phosphoric acid groups is 2. The van der Waals surface area contributed by atoms with Gasteiger partial charge in [0, 0.05) is 25.7 Å². The number of carbonyl (C=O) groups excluding carboxylic acids is 4. The molecule has 17 nitrogen and oxygen atoms in total. The van der Waals surface area contributed by atoms with Crippen molar-refractivity contribution in [2.24, 2.45) is 5.92 Å². The van der Waals surface area contributed by atoms with E-state index in [1.54, 1.807) is 0 Å². The van der Waals surface area contributed by atoms with Crippen molar-refractivity contribution in [3.8, 4) is 0 Å². The minimum atomic E-state index is -4.94. The van der Waals surface area contributed by atoms with Crippen molar-refractivity contribution in [2.75, 3.05) is 39.6 Å². The molecule has 0 aliphatic carbocycles. The van der Waals surface area contributed by atoms with Gasteiger partial charge in [-0.25, -0.2) is 9.13 Å². The van der Waals surface area contributed by atoms with E-state index in [9.17, 15) is 43.2 Å². The van der Waals surface area contributed by atoms with Gasteiger partial charge in [-0.1, -0.05) is 266 Å². The van der Waals surface area contributed by atoms with Crippen LogP contribution < -0.4 is 0 Å². The maximum absolute atomic E-state index is 13.0. The van der Waals surface area contributed by atoms with E-state index in [0.29, 0.717) is 25.7 Å². The van der Waals surface area contributed by atoms with Crippen LogP contribution in [0.4, 0.5) is 0 Å². The van der Waals surface area contributed by atoms with Crippen LogP contribution in [0, 0.1) is 5.92 Å². The van der Waals surface area contributed by atoms with E-state index in [1.165, 1.54) is 135 Å². The summed E-state index contributed by atoms with van der Waals surface area (Å²) in [4.78, 5) is 71.9. The van der Waals surface area contributed by atoms with Crippen LogP contribution in [0.3, 0.4) is 0 Å². The molecule has 82 heavy (non-hydrogen) atoms. The van der Waals surface area contributed by atoms with E-state index in [0.717, 1.165) is 102 Å². The first-order valence-electron chi connectivity index (χ1n) is 33.2. The highest BCUT2D eigenvalue weighted by molar-refractivity contribution is 7.47. The zero-order valence-electron chi connectivity index (χ0n) is 52.6. The Morgan fingerprint density at radius 1 is 0.341 bits per heavy atom. The summed E-state index contributed by atoms with van der Waals surface area (Å²) in [5.74, 6) is -1.42. The lowest BCUT2D eigenvalue weighted by Gasteiger charge is -2.21. The van der Waals surface area contributed by atoms with Crippen LogP contribution in [-0.2, 0) is 65.4 Å². The van der Waals surface area contributed by atoms with Gasteiger partial charge < -0.3 is 33.8 Å². The minimum absolute atomic E-state index is 0.102. The van der Waals surface area contributed by atoms with Gasteiger partial charge in [-0.3, -0.25) is 37.3 Å². The Labute approximate surface area is 498 Å². The molecule has 3 N–H and O–H groups in total. The Hall–Kier alpha value is -1.94. The zero-order valence-corrected chi connectivity index (χ0v) is 54.4. The topological polar surface area (TPSA) is 237 Å². The highest BCUT2D eigenvalue weighted by Crippen LogP contribution is 2.45. The smallest absolute Gasteiger partial charge is 0.462 e. The summed E-state index contributed by atoms with van der Waals surface area (Å²) in [6, 6.07) is 0. The van der Waals surface area contributed by atoms with E-state index in [-0.39, 0.29) is 25.7 Å². The lowest BCUT2D eigenvalue weighted by atomic mass is 10.00. The van der Waals surface area contributed by atoms with E-state index in [2.05, 4.69) is 34.6 Å². The minimum Gasteiger partial charge on any atom is -0.462 e. The lowest BCUT2D eigenvalue weighted by Crippen LogP contribution is -2.30. The zero-order chi connectivity index (χ0) is 60.6. The largest absolute Gasteiger partial charge is 0.472 e. The number of aliphatic hydroxyl groups excluding tert-OH is 1. The third-order valence-corrected chi connectivity index (χ3v) is 16.8. The van der Waals surface area contributed by atoms with Crippen LogP contribution in [0.5, 0.6) is 0 Å². The van der Waals surface area contributed by atoms with Crippen LogP contribution >= 0.6 is 15.6 Å². The van der Waals surface area contributed by atoms with Gasteiger partial charge in [0.25, 0.3) is 0 Å². The molecule has 0 heterocycles. The molecule has 0 aromatic heterocycles. The Morgan fingerprint density at radius 2 is 0.585 bits per heavy atom. The van der Waals surface area contributed by atoms with E-state index >= 15 is 0 Å². The second-order valence-corrected chi connectivity index (χ2v) is 25.9. The molecule has 0 aromatic carbocycles. The molecular formula is C63H122O17P2. The molecule has 0 bridgehead atoms. The van der Waals surface area contributed by atoms with Crippen molar-refractivity contribution < 1.29 is 80.2 Å². The summed E-state index contributed by atoms with van der Waals surface area (Å²) >= 11 is 0. The van der Waals surface area contributed by atoms with Gasteiger partial charge in [0.2, 0.25) is 0 Å². The van der Waals surface area contributed by atoms with Crippen LogP contribution in [-0.4, -0.2) is 96.7 Å². The van der Waals surface area contributed by atoms with Gasteiger partial charge >= 0.3 is 39.5 Å². The number of hydrogen-bond acceptors (Lipinski definition) is 15. The van der Waals surface area contributed by atoms with E-state index in [4.69, 9.17) is 37.0 Å². The van der Waals surface area contributed by atoms with Gasteiger partial charge in [0.1, 0.15) is 19.3 Å². The molecule has 0 saturated carbocycles. The first kappa shape index (κ1) is 80.1. The average molecular weight is 1210 g/mol. The lowest BCUT2D eigenvalue weighted by molar-refractivity contribution is -0.161. The SMILES string of the molecule is CCCCCCCCCCCCCCCCCC(=O)O[C@H](COC(=O)CCCCCCCCCCCCCC)COP(=O)(O)OC[C@@H](O)COP(=O)(O)OC[C@@H](COC(=O)CCCCCCC)OC(=O)CCCCCCCCC(C)CC. The molecule has 0 aliphatic rings. The second kappa shape index (κ2) is 56.8. The van der Waals surface area contributed by atoms with Crippen molar-refractivity contribution in [1.29, 1.82) is 0 Å². The predicted octanol–water partition coefficient (Wildman–Crippen LogP) is 17.4. The van der Waals surface area contributed by atoms with Gasteiger partial charge in [0.15, 0.2) is 12.2 Å². The van der Waals surface area contributed by atoms with Crippen LogP contribution in [0.2, 0.25) is 0 Å². The molecule has 6 atom stereocenters. The summed E-state index contributed by atoms with van der Waals surface area (Å²) < 4.78 is 67.8. The summed E-state index contributed by atoms with van der Waals surface area (Å²) in [7, 11) is -9.88. The normalized spacial score (nSPS) is 14.6. The molecule has 19 heteroatoms. The van der Waals surface area contributed by atoms with Gasteiger partial charge in [-0.05, 0) is 31.6 Å². The Kier molecular flexibility index (Phi) is 55.5. The van der Waals surface area contributed by atoms with E-state index in [1.807, 2.05) is 0 Å². The third-order valence-electron chi connectivity index (χ3n) is 14.9. The molecule has 0 fully saturated rings. The Bertz CT molecular complexity index is 1600. The number of phosphoric ester groups is 2. The fourth-order valence-corrected chi connectivity index (χ4v) is 11.0. The van der Waals surface area contributed by atoms with E-state index < -0.39 is 97.5 Å². The Balaban J connectivity index is 5.18. The number of carbonyl (C=O) groups is 4. The molecule has 486 valence electrons. The first-order valence-corrected chi connectivity index (χ1v) is 36.2. The molecule has 0 spiro atoms. The van der Waals surface area contributed by atoms with Crippen LogP contribution in [0.25, 0.3) is 0 Å². The number of aliphatic hydroxyl groups is 1. The fraction of sp³-hybridized carbons (Fsp3) is 0.937. The molecule has 0 saturated heterocycles. The maximum atomic E-state index is 13.0. The summed E-state index contributed by atoms with van der Waals surface area (Å²) in [5.41, 5.74) is 0. The molecule has 0 aromatic rings. The quantitative estimate of drug-likeness (QED) is 0.0222. The van der Waals surface area contributed by atoms with Crippen LogP contribution in [0.15, 0.2) is 0 Å².